The number of imidazole rings is 1. The number of hydrogen-bond acceptors (Lipinski definition) is 3. The zero-order valence-corrected chi connectivity index (χ0v) is 10.7. The van der Waals surface area contributed by atoms with E-state index in [1.165, 1.54) is 0 Å². The molecule has 96 valence electrons. The lowest BCUT2D eigenvalue weighted by atomic mass is 10.3. The Balaban J connectivity index is 1.68. The largest absolute Gasteiger partial charge is 0.378 e. The van der Waals surface area contributed by atoms with Crippen molar-refractivity contribution in [3.63, 3.8) is 0 Å². The van der Waals surface area contributed by atoms with Crippen LogP contribution >= 0.6 is 0 Å². The van der Waals surface area contributed by atoms with E-state index in [2.05, 4.69) is 15.4 Å². The predicted molar refractivity (Wildman–Crippen MR) is 74.1 cm³/mol. The molecule has 1 N–H and O–H groups in total. The normalized spacial score (nSPS) is 10.6. The average Bonchev–Trinajstić information content (AvgIpc) is 3.09. The Kier molecular flexibility index (Phi) is 3.02. The second kappa shape index (κ2) is 4.97. The summed E-state index contributed by atoms with van der Waals surface area (Å²) < 4.78 is 3.84. The second-order valence-corrected chi connectivity index (χ2v) is 4.31. The highest BCUT2D eigenvalue weighted by atomic mass is 15.3. The van der Waals surface area contributed by atoms with Crippen LogP contribution in [0, 0.1) is 0 Å². The maximum Gasteiger partial charge on any atom is 0.127 e. The van der Waals surface area contributed by atoms with Crippen LogP contribution in [0.1, 0.15) is 5.82 Å². The van der Waals surface area contributed by atoms with Crippen molar-refractivity contribution in [1.82, 2.24) is 19.3 Å². The SMILES string of the molecule is Cn1ccnc1CNc1ccc(-n2cccn2)cc1. The molecule has 0 saturated heterocycles. The lowest BCUT2D eigenvalue weighted by Gasteiger charge is -2.07. The van der Waals surface area contributed by atoms with Crippen LogP contribution in [-0.4, -0.2) is 19.3 Å². The summed E-state index contributed by atoms with van der Waals surface area (Å²) >= 11 is 0. The van der Waals surface area contributed by atoms with E-state index in [0.717, 1.165) is 17.2 Å². The minimum absolute atomic E-state index is 0.713. The maximum absolute atomic E-state index is 4.28. The van der Waals surface area contributed by atoms with Crippen LogP contribution in [0.4, 0.5) is 5.69 Å². The van der Waals surface area contributed by atoms with Gasteiger partial charge in [-0.25, -0.2) is 9.67 Å². The molecule has 0 aliphatic heterocycles. The summed E-state index contributed by atoms with van der Waals surface area (Å²) in [6.07, 6.45) is 7.44. The molecule has 3 aromatic rings. The van der Waals surface area contributed by atoms with Crippen LogP contribution < -0.4 is 5.32 Å². The zero-order valence-electron chi connectivity index (χ0n) is 10.7. The molecule has 0 aliphatic rings. The van der Waals surface area contributed by atoms with E-state index in [0.29, 0.717) is 6.54 Å². The van der Waals surface area contributed by atoms with Crippen molar-refractivity contribution in [3.8, 4) is 5.69 Å². The van der Waals surface area contributed by atoms with E-state index in [1.807, 2.05) is 59.0 Å². The highest BCUT2D eigenvalue weighted by Gasteiger charge is 2.00. The van der Waals surface area contributed by atoms with E-state index in [1.54, 1.807) is 12.4 Å². The topological polar surface area (TPSA) is 47.7 Å². The fourth-order valence-corrected chi connectivity index (χ4v) is 1.90. The van der Waals surface area contributed by atoms with Crippen LogP contribution in [0.15, 0.2) is 55.1 Å². The molecule has 0 atom stereocenters. The molecule has 0 bridgehead atoms. The monoisotopic (exact) mass is 253 g/mol. The van der Waals surface area contributed by atoms with Gasteiger partial charge in [-0.2, -0.15) is 5.10 Å². The number of anilines is 1. The van der Waals surface area contributed by atoms with Crippen LogP contribution in [-0.2, 0) is 13.6 Å². The highest BCUT2D eigenvalue weighted by Crippen LogP contribution is 2.13. The first-order chi connectivity index (χ1) is 9.33. The Morgan fingerprint density at radius 3 is 2.58 bits per heavy atom. The van der Waals surface area contributed by atoms with E-state index in [4.69, 9.17) is 0 Å². The fourth-order valence-electron chi connectivity index (χ4n) is 1.90. The first-order valence-corrected chi connectivity index (χ1v) is 6.13. The smallest absolute Gasteiger partial charge is 0.127 e. The summed E-state index contributed by atoms with van der Waals surface area (Å²) in [4.78, 5) is 4.28. The van der Waals surface area contributed by atoms with Crippen molar-refractivity contribution >= 4 is 5.69 Å². The Morgan fingerprint density at radius 1 is 1.11 bits per heavy atom. The van der Waals surface area contributed by atoms with Gasteiger partial charge >= 0.3 is 0 Å². The van der Waals surface area contributed by atoms with E-state index < -0.39 is 0 Å². The minimum Gasteiger partial charge on any atom is -0.378 e. The molecular weight excluding hydrogens is 238 g/mol. The van der Waals surface area contributed by atoms with Crippen molar-refractivity contribution in [2.75, 3.05) is 5.32 Å². The first kappa shape index (κ1) is 11.5. The number of rotatable bonds is 4. The number of nitrogens with one attached hydrogen (secondary N) is 1. The van der Waals surface area contributed by atoms with Gasteiger partial charge < -0.3 is 9.88 Å². The second-order valence-electron chi connectivity index (χ2n) is 4.31. The summed E-state index contributed by atoms with van der Waals surface area (Å²) in [5.74, 6) is 1.01. The Labute approximate surface area is 111 Å². The predicted octanol–water partition coefficient (Wildman–Crippen LogP) is 2.22. The standard InChI is InChI=1S/C14H15N5/c1-18-10-8-15-14(18)11-16-12-3-5-13(6-4-12)19-9-2-7-17-19/h2-10,16H,11H2,1H3. The zero-order chi connectivity index (χ0) is 13.1. The molecule has 0 radical (unpaired) electrons. The van der Waals surface area contributed by atoms with Crippen molar-refractivity contribution in [2.45, 2.75) is 6.54 Å². The fraction of sp³-hybridized carbons (Fsp3) is 0.143. The molecule has 0 fully saturated rings. The minimum atomic E-state index is 0.713. The summed E-state index contributed by atoms with van der Waals surface area (Å²) in [5, 5.41) is 7.54. The van der Waals surface area contributed by atoms with Gasteiger partial charge in [0.05, 0.1) is 12.2 Å². The molecule has 3 rings (SSSR count). The number of hydrogen-bond donors (Lipinski definition) is 1. The third-order valence-corrected chi connectivity index (χ3v) is 3.01. The molecule has 0 spiro atoms. The molecule has 19 heavy (non-hydrogen) atoms. The van der Waals surface area contributed by atoms with Crippen molar-refractivity contribution in [3.05, 3.63) is 60.9 Å². The van der Waals surface area contributed by atoms with E-state index in [-0.39, 0.29) is 0 Å². The van der Waals surface area contributed by atoms with E-state index in [9.17, 15) is 0 Å². The molecule has 1 aromatic carbocycles. The van der Waals surface area contributed by atoms with Gasteiger partial charge in [-0.15, -0.1) is 0 Å². The Hall–Kier alpha value is -2.56. The molecule has 2 aromatic heterocycles. The molecule has 5 nitrogen and oxygen atoms in total. The molecule has 0 amide bonds. The maximum atomic E-state index is 4.28. The Bertz CT molecular complexity index is 637. The van der Waals surface area contributed by atoms with Gasteiger partial charge in [-0.1, -0.05) is 0 Å². The third-order valence-electron chi connectivity index (χ3n) is 3.01. The number of benzene rings is 1. The lowest BCUT2D eigenvalue weighted by molar-refractivity contribution is 0.813. The van der Waals surface area contributed by atoms with Gasteiger partial charge in [0, 0.05) is 37.5 Å². The summed E-state index contributed by atoms with van der Waals surface area (Å²) in [6, 6.07) is 10.1. The first-order valence-electron chi connectivity index (χ1n) is 6.13. The Morgan fingerprint density at radius 2 is 1.95 bits per heavy atom. The van der Waals surface area contributed by atoms with Gasteiger partial charge in [0.25, 0.3) is 0 Å². The molecule has 2 heterocycles. The van der Waals surface area contributed by atoms with Crippen LogP contribution in [0.3, 0.4) is 0 Å². The van der Waals surface area contributed by atoms with Crippen molar-refractivity contribution in [1.29, 1.82) is 0 Å². The van der Waals surface area contributed by atoms with Gasteiger partial charge in [0.15, 0.2) is 0 Å². The number of aromatic nitrogens is 4. The molecular formula is C14H15N5. The summed E-state index contributed by atoms with van der Waals surface area (Å²) in [7, 11) is 1.99. The lowest BCUT2D eigenvalue weighted by Crippen LogP contribution is -2.05. The number of aryl methyl sites for hydroxylation is 1. The van der Waals surface area contributed by atoms with Gasteiger partial charge in [0.2, 0.25) is 0 Å². The quantitative estimate of drug-likeness (QED) is 0.775. The van der Waals surface area contributed by atoms with Crippen LogP contribution in [0.5, 0.6) is 0 Å². The molecule has 0 aliphatic carbocycles. The third kappa shape index (κ3) is 2.49. The van der Waals surface area contributed by atoms with E-state index >= 15 is 0 Å². The van der Waals surface area contributed by atoms with Crippen LogP contribution in [0.2, 0.25) is 0 Å². The number of nitrogens with zero attached hydrogens (tertiary/aromatic N) is 4. The van der Waals surface area contributed by atoms with Gasteiger partial charge in [-0.3, -0.25) is 0 Å². The van der Waals surface area contributed by atoms with Gasteiger partial charge in [-0.05, 0) is 30.3 Å². The summed E-state index contributed by atoms with van der Waals surface area (Å²) in [5.41, 5.74) is 2.12. The van der Waals surface area contributed by atoms with Gasteiger partial charge in [0.1, 0.15) is 5.82 Å². The highest BCUT2D eigenvalue weighted by molar-refractivity contribution is 5.48. The molecule has 0 unspecified atom stereocenters. The average molecular weight is 253 g/mol. The van der Waals surface area contributed by atoms with Crippen molar-refractivity contribution in [2.24, 2.45) is 7.05 Å². The summed E-state index contributed by atoms with van der Waals surface area (Å²) in [6.45, 7) is 0.713. The van der Waals surface area contributed by atoms with Crippen molar-refractivity contribution < 1.29 is 0 Å². The van der Waals surface area contributed by atoms with Crippen LogP contribution in [0.25, 0.3) is 5.69 Å². The molecule has 5 heteroatoms. The molecule has 0 saturated carbocycles.